The maximum absolute atomic E-state index is 4.54. The number of aromatic amines is 1. The molecule has 0 unspecified atom stereocenters. The molecule has 2 aromatic rings. The number of imidazole rings is 1. The Balaban J connectivity index is 2.25. The van der Waals surface area contributed by atoms with Crippen molar-refractivity contribution in [2.75, 3.05) is 6.54 Å². The maximum atomic E-state index is 4.54. The van der Waals surface area contributed by atoms with Crippen LogP contribution in [0.5, 0.6) is 0 Å². The highest BCUT2D eigenvalue weighted by Gasteiger charge is 2.08. The van der Waals surface area contributed by atoms with Crippen LogP contribution in [-0.2, 0) is 6.54 Å². The number of aryl methyl sites for hydroxylation is 1. The fourth-order valence-corrected chi connectivity index (χ4v) is 1.60. The number of pyridine rings is 1. The van der Waals surface area contributed by atoms with Crippen LogP contribution in [0.4, 0.5) is 0 Å². The number of nitrogens with zero attached hydrogens (tertiary/aromatic N) is 2. The Kier molecular flexibility index (Phi) is 3.31. The van der Waals surface area contributed by atoms with Crippen LogP contribution >= 0.6 is 0 Å². The quantitative estimate of drug-likeness (QED) is 0.820. The summed E-state index contributed by atoms with van der Waals surface area (Å²) >= 11 is 0. The van der Waals surface area contributed by atoms with Gasteiger partial charge in [0.05, 0.1) is 12.2 Å². The molecule has 0 radical (unpaired) electrons. The van der Waals surface area contributed by atoms with E-state index in [1.165, 1.54) is 0 Å². The lowest BCUT2D eigenvalue weighted by Gasteiger charge is -1.96. The van der Waals surface area contributed by atoms with E-state index in [1.807, 2.05) is 25.1 Å². The summed E-state index contributed by atoms with van der Waals surface area (Å²) in [5.74, 6) is 0.958. The maximum Gasteiger partial charge on any atom is 0.121 e. The highest BCUT2D eigenvalue weighted by molar-refractivity contribution is 5.56. The van der Waals surface area contributed by atoms with E-state index in [0.29, 0.717) is 0 Å². The number of hydrogen-bond acceptors (Lipinski definition) is 3. The minimum absolute atomic E-state index is 0.768. The average molecular weight is 216 g/mol. The topological polar surface area (TPSA) is 53.6 Å². The fourth-order valence-electron chi connectivity index (χ4n) is 1.60. The van der Waals surface area contributed by atoms with Gasteiger partial charge in [0.1, 0.15) is 11.5 Å². The molecule has 0 atom stereocenters. The van der Waals surface area contributed by atoms with Crippen molar-refractivity contribution >= 4 is 0 Å². The van der Waals surface area contributed by atoms with Gasteiger partial charge in [-0.25, -0.2) is 4.98 Å². The van der Waals surface area contributed by atoms with Crippen molar-refractivity contribution in [1.29, 1.82) is 0 Å². The van der Waals surface area contributed by atoms with Crippen molar-refractivity contribution in [3.63, 3.8) is 0 Å². The lowest BCUT2D eigenvalue weighted by atomic mass is 10.2. The molecule has 0 bridgehead atoms. The van der Waals surface area contributed by atoms with Gasteiger partial charge in [-0.05, 0) is 25.6 Å². The molecule has 84 valence electrons. The Labute approximate surface area is 95.1 Å². The van der Waals surface area contributed by atoms with Crippen molar-refractivity contribution < 1.29 is 0 Å². The van der Waals surface area contributed by atoms with E-state index in [9.17, 15) is 0 Å². The molecule has 16 heavy (non-hydrogen) atoms. The molecule has 0 aliphatic carbocycles. The molecular weight excluding hydrogens is 200 g/mol. The highest BCUT2D eigenvalue weighted by atomic mass is 15.0. The summed E-state index contributed by atoms with van der Waals surface area (Å²) in [5, 5.41) is 3.24. The molecule has 0 spiro atoms. The molecule has 0 amide bonds. The van der Waals surface area contributed by atoms with E-state index in [0.717, 1.165) is 36.0 Å². The van der Waals surface area contributed by atoms with Gasteiger partial charge < -0.3 is 10.3 Å². The first-order valence-corrected chi connectivity index (χ1v) is 5.49. The van der Waals surface area contributed by atoms with Gasteiger partial charge in [0.2, 0.25) is 0 Å². The van der Waals surface area contributed by atoms with Gasteiger partial charge in [-0.1, -0.05) is 13.0 Å². The van der Waals surface area contributed by atoms with Crippen LogP contribution in [0.25, 0.3) is 11.4 Å². The molecule has 0 saturated heterocycles. The van der Waals surface area contributed by atoms with Crippen molar-refractivity contribution in [2.24, 2.45) is 0 Å². The molecule has 2 rings (SSSR count). The predicted octanol–water partition coefficient (Wildman–Crippen LogP) is 1.89. The Morgan fingerprint density at radius 3 is 2.94 bits per heavy atom. The minimum Gasteiger partial charge on any atom is -0.344 e. The number of H-pyrrole nitrogens is 1. The van der Waals surface area contributed by atoms with Crippen LogP contribution in [0.3, 0.4) is 0 Å². The molecular formula is C12H16N4. The minimum atomic E-state index is 0.768. The van der Waals surface area contributed by atoms with E-state index in [2.05, 4.69) is 27.2 Å². The van der Waals surface area contributed by atoms with E-state index >= 15 is 0 Å². The second kappa shape index (κ2) is 4.90. The van der Waals surface area contributed by atoms with Crippen LogP contribution in [0.15, 0.2) is 24.4 Å². The van der Waals surface area contributed by atoms with Crippen LogP contribution in [0.2, 0.25) is 0 Å². The monoisotopic (exact) mass is 216 g/mol. The van der Waals surface area contributed by atoms with Crippen molar-refractivity contribution in [1.82, 2.24) is 20.3 Å². The Bertz CT molecular complexity index is 447. The van der Waals surface area contributed by atoms with Gasteiger partial charge >= 0.3 is 0 Å². The van der Waals surface area contributed by atoms with Gasteiger partial charge in [0, 0.05) is 11.9 Å². The molecule has 0 aliphatic rings. The first-order chi connectivity index (χ1) is 7.81. The highest BCUT2D eigenvalue weighted by Crippen LogP contribution is 2.17. The molecule has 0 fully saturated rings. The molecule has 0 aliphatic heterocycles. The van der Waals surface area contributed by atoms with Crippen molar-refractivity contribution in [3.8, 4) is 11.4 Å². The first kappa shape index (κ1) is 10.8. The molecule has 4 heteroatoms. The molecule has 4 nitrogen and oxygen atoms in total. The van der Waals surface area contributed by atoms with E-state index in [1.54, 1.807) is 6.20 Å². The second-order valence-corrected chi connectivity index (χ2v) is 3.65. The summed E-state index contributed by atoms with van der Waals surface area (Å²) in [5.41, 5.74) is 2.92. The normalized spacial score (nSPS) is 10.6. The zero-order valence-electron chi connectivity index (χ0n) is 9.62. The van der Waals surface area contributed by atoms with Crippen molar-refractivity contribution in [2.45, 2.75) is 20.4 Å². The fraction of sp³-hybridized carbons (Fsp3) is 0.333. The molecule has 0 saturated carbocycles. The third-order valence-electron chi connectivity index (χ3n) is 2.38. The van der Waals surface area contributed by atoms with E-state index in [4.69, 9.17) is 0 Å². The van der Waals surface area contributed by atoms with Gasteiger partial charge in [0.15, 0.2) is 0 Å². The summed E-state index contributed by atoms with van der Waals surface area (Å²) in [7, 11) is 0. The molecule has 2 heterocycles. The first-order valence-electron chi connectivity index (χ1n) is 5.49. The summed E-state index contributed by atoms with van der Waals surface area (Å²) in [6.45, 7) is 5.81. The standard InChI is InChI=1S/C12H16N4/c1-3-13-8-11-15-9(2)12(16-11)10-6-4-5-7-14-10/h4-7,13H,3,8H2,1-2H3,(H,15,16). The summed E-state index contributed by atoms with van der Waals surface area (Å²) in [6.07, 6.45) is 1.79. The largest absolute Gasteiger partial charge is 0.344 e. The number of hydrogen-bond donors (Lipinski definition) is 2. The van der Waals surface area contributed by atoms with Crippen LogP contribution in [0, 0.1) is 6.92 Å². The Morgan fingerprint density at radius 1 is 1.38 bits per heavy atom. The predicted molar refractivity (Wildman–Crippen MR) is 63.9 cm³/mol. The van der Waals surface area contributed by atoms with Crippen LogP contribution in [-0.4, -0.2) is 21.5 Å². The van der Waals surface area contributed by atoms with Crippen LogP contribution in [0.1, 0.15) is 18.4 Å². The second-order valence-electron chi connectivity index (χ2n) is 3.65. The van der Waals surface area contributed by atoms with E-state index in [-0.39, 0.29) is 0 Å². The zero-order chi connectivity index (χ0) is 11.4. The number of aromatic nitrogens is 3. The number of rotatable bonds is 4. The molecule has 2 N–H and O–H groups in total. The van der Waals surface area contributed by atoms with Gasteiger partial charge in [0.25, 0.3) is 0 Å². The summed E-state index contributed by atoms with van der Waals surface area (Å²) in [4.78, 5) is 12.1. The summed E-state index contributed by atoms with van der Waals surface area (Å²) in [6, 6.07) is 5.85. The van der Waals surface area contributed by atoms with Crippen molar-refractivity contribution in [3.05, 3.63) is 35.9 Å². The lowest BCUT2D eigenvalue weighted by molar-refractivity contribution is 0.697. The Hall–Kier alpha value is -1.68. The van der Waals surface area contributed by atoms with Gasteiger partial charge in [-0.15, -0.1) is 0 Å². The Morgan fingerprint density at radius 2 is 2.25 bits per heavy atom. The third kappa shape index (κ3) is 2.28. The average Bonchev–Trinajstić information content (AvgIpc) is 2.69. The lowest BCUT2D eigenvalue weighted by Crippen LogP contribution is -2.12. The molecule has 2 aromatic heterocycles. The van der Waals surface area contributed by atoms with E-state index < -0.39 is 0 Å². The SMILES string of the molecule is CCNCc1nc(-c2ccccn2)c(C)[nH]1. The van der Waals surface area contributed by atoms with Gasteiger partial charge in [-0.2, -0.15) is 0 Å². The van der Waals surface area contributed by atoms with Gasteiger partial charge in [-0.3, -0.25) is 4.98 Å². The van der Waals surface area contributed by atoms with Crippen LogP contribution < -0.4 is 5.32 Å². The summed E-state index contributed by atoms with van der Waals surface area (Å²) < 4.78 is 0. The zero-order valence-corrected chi connectivity index (χ0v) is 9.62. The molecule has 0 aromatic carbocycles. The number of nitrogens with one attached hydrogen (secondary N) is 2. The smallest absolute Gasteiger partial charge is 0.121 e. The third-order valence-corrected chi connectivity index (χ3v) is 2.38.